The molecule has 1 rings (SSSR count). The van der Waals surface area contributed by atoms with Gasteiger partial charge in [-0.2, -0.15) is 0 Å². The molecule has 0 radical (unpaired) electrons. The molecule has 0 aliphatic carbocycles. The van der Waals surface area contributed by atoms with E-state index in [1.807, 2.05) is 6.92 Å². The molecule has 0 aliphatic rings. The van der Waals surface area contributed by atoms with Gasteiger partial charge in [-0.15, -0.1) is 0 Å². The van der Waals surface area contributed by atoms with E-state index in [9.17, 15) is 4.79 Å². The van der Waals surface area contributed by atoms with E-state index in [-0.39, 0.29) is 0 Å². The van der Waals surface area contributed by atoms with Crippen LogP contribution in [0.1, 0.15) is 24.9 Å². The fraction of sp³-hybridized carbons (Fsp3) is 0.364. The van der Waals surface area contributed by atoms with Crippen LogP contribution in [0.2, 0.25) is 5.02 Å². The lowest BCUT2D eigenvalue weighted by atomic mass is 10.1. The highest BCUT2D eigenvalue weighted by Crippen LogP contribution is 2.26. The van der Waals surface area contributed by atoms with Crippen molar-refractivity contribution in [2.24, 2.45) is 0 Å². The summed E-state index contributed by atoms with van der Waals surface area (Å²) in [6.07, 6.45) is 0.887. The quantitative estimate of drug-likeness (QED) is 0.878. The smallest absolute Gasteiger partial charge is 0.325 e. The lowest BCUT2D eigenvalue weighted by Crippen LogP contribution is -2.29. The van der Waals surface area contributed by atoms with Gasteiger partial charge in [-0.05, 0) is 46.6 Å². The molecule has 2 N–H and O–H groups in total. The Morgan fingerprint density at radius 3 is 2.81 bits per heavy atom. The zero-order valence-corrected chi connectivity index (χ0v) is 11.2. The third-order valence-corrected chi connectivity index (χ3v) is 3.34. The Labute approximate surface area is 108 Å². The van der Waals surface area contributed by atoms with E-state index in [2.05, 4.69) is 21.2 Å². The molecular formula is C11H13BrClNO2. The largest absolute Gasteiger partial charge is 0.480 e. The molecule has 0 heterocycles. The van der Waals surface area contributed by atoms with Gasteiger partial charge in [-0.3, -0.25) is 4.79 Å². The second-order valence-corrected chi connectivity index (χ2v) is 4.66. The Morgan fingerprint density at radius 2 is 2.31 bits per heavy atom. The Bertz CT molecular complexity index is 384. The number of hydrogen-bond donors (Lipinski definition) is 2. The normalized spacial score (nSPS) is 12.4. The fourth-order valence-corrected chi connectivity index (χ4v) is 1.84. The van der Waals surface area contributed by atoms with E-state index in [4.69, 9.17) is 16.7 Å². The van der Waals surface area contributed by atoms with Crippen LogP contribution >= 0.6 is 27.5 Å². The van der Waals surface area contributed by atoms with Gasteiger partial charge in [0.25, 0.3) is 0 Å². The molecule has 88 valence electrons. The maximum Gasteiger partial charge on any atom is 0.325 e. The molecule has 0 bridgehead atoms. The number of rotatable bonds is 5. The van der Waals surface area contributed by atoms with Crippen LogP contribution in [-0.4, -0.2) is 17.6 Å². The van der Waals surface area contributed by atoms with Crippen molar-refractivity contribution in [2.75, 3.05) is 6.54 Å². The number of halogens is 2. The monoisotopic (exact) mass is 305 g/mol. The maximum absolute atomic E-state index is 11.1. The van der Waals surface area contributed by atoms with Crippen molar-refractivity contribution in [1.29, 1.82) is 0 Å². The van der Waals surface area contributed by atoms with Crippen LogP contribution in [0, 0.1) is 0 Å². The van der Waals surface area contributed by atoms with Gasteiger partial charge in [0.15, 0.2) is 0 Å². The van der Waals surface area contributed by atoms with Gasteiger partial charge in [-0.1, -0.05) is 24.6 Å². The van der Waals surface area contributed by atoms with Gasteiger partial charge in [-0.25, -0.2) is 0 Å². The molecule has 3 nitrogen and oxygen atoms in total. The van der Waals surface area contributed by atoms with Crippen molar-refractivity contribution < 1.29 is 9.90 Å². The van der Waals surface area contributed by atoms with Crippen LogP contribution in [-0.2, 0) is 4.79 Å². The number of carboxylic acid groups (broad SMARTS) is 1. The second-order valence-electron chi connectivity index (χ2n) is 3.40. The highest BCUT2D eigenvalue weighted by molar-refractivity contribution is 9.10. The van der Waals surface area contributed by atoms with E-state index in [1.54, 1.807) is 18.2 Å². The van der Waals surface area contributed by atoms with E-state index >= 15 is 0 Å². The third-order valence-electron chi connectivity index (χ3n) is 2.12. The third kappa shape index (κ3) is 3.47. The van der Waals surface area contributed by atoms with Crippen molar-refractivity contribution in [1.82, 2.24) is 5.32 Å². The molecule has 0 aliphatic heterocycles. The van der Waals surface area contributed by atoms with Crippen molar-refractivity contribution in [3.05, 3.63) is 33.3 Å². The van der Waals surface area contributed by atoms with E-state index in [0.717, 1.165) is 6.42 Å². The molecule has 1 atom stereocenters. The van der Waals surface area contributed by atoms with Gasteiger partial charge in [0, 0.05) is 4.47 Å². The molecule has 0 fully saturated rings. The summed E-state index contributed by atoms with van der Waals surface area (Å²) < 4.78 is 0.705. The van der Waals surface area contributed by atoms with Gasteiger partial charge >= 0.3 is 5.97 Å². The highest BCUT2D eigenvalue weighted by Gasteiger charge is 2.19. The minimum Gasteiger partial charge on any atom is -0.480 e. The Hall–Kier alpha value is -0.580. The summed E-state index contributed by atoms with van der Waals surface area (Å²) in [6, 6.07) is 4.44. The molecule has 0 amide bonds. The van der Waals surface area contributed by atoms with E-state index < -0.39 is 12.0 Å². The Balaban J connectivity index is 2.92. The van der Waals surface area contributed by atoms with Crippen molar-refractivity contribution in [3.8, 4) is 0 Å². The van der Waals surface area contributed by atoms with Crippen LogP contribution in [0.3, 0.4) is 0 Å². The molecule has 0 saturated heterocycles. The van der Waals surface area contributed by atoms with Crippen molar-refractivity contribution in [2.45, 2.75) is 19.4 Å². The van der Waals surface area contributed by atoms with Crippen LogP contribution in [0.5, 0.6) is 0 Å². The first-order valence-electron chi connectivity index (χ1n) is 4.97. The van der Waals surface area contributed by atoms with Crippen LogP contribution in [0.15, 0.2) is 22.7 Å². The number of aliphatic carboxylic acids is 1. The summed E-state index contributed by atoms with van der Waals surface area (Å²) in [4.78, 5) is 11.1. The zero-order chi connectivity index (χ0) is 12.1. The summed E-state index contributed by atoms with van der Waals surface area (Å²) in [6.45, 7) is 2.65. The van der Waals surface area contributed by atoms with Gasteiger partial charge < -0.3 is 10.4 Å². The lowest BCUT2D eigenvalue weighted by molar-refractivity contribution is -0.139. The number of benzene rings is 1. The molecule has 1 unspecified atom stereocenters. The molecule has 0 aromatic heterocycles. The number of nitrogens with one attached hydrogen (secondary N) is 1. The number of carbonyl (C=O) groups is 1. The van der Waals surface area contributed by atoms with E-state index in [1.165, 1.54) is 0 Å². The zero-order valence-electron chi connectivity index (χ0n) is 8.84. The summed E-state index contributed by atoms with van der Waals surface area (Å²) in [5.41, 5.74) is 0.692. The maximum atomic E-state index is 11.1. The minimum absolute atomic E-state index is 0.573. The summed E-state index contributed by atoms with van der Waals surface area (Å²) in [5.74, 6) is -0.886. The Kier molecular flexibility index (Phi) is 5.25. The molecule has 1 aromatic rings. The first kappa shape index (κ1) is 13.5. The van der Waals surface area contributed by atoms with Crippen LogP contribution in [0.4, 0.5) is 0 Å². The van der Waals surface area contributed by atoms with Crippen LogP contribution in [0.25, 0.3) is 0 Å². The lowest BCUT2D eigenvalue weighted by Gasteiger charge is -2.14. The minimum atomic E-state index is -0.886. The molecule has 0 saturated carbocycles. The summed E-state index contributed by atoms with van der Waals surface area (Å²) >= 11 is 9.13. The topological polar surface area (TPSA) is 49.3 Å². The SMILES string of the molecule is CCCNC(C(=O)O)c1ccc(Cl)c(Br)c1. The van der Waals surface area contributed by atoms with Crippen molar-refractivity contribution >= 4 is 33.5 Å². The second kappa shape index (κ2) is 6.23. The summed E-state index contributed by atoms with van der Waals surface area (Å²) in [5, 5.41) is 12.6. The molecule has 5 heteroatoms. The molecular weight excluding hydrogens is 293 g/mol. The van der Waals surface area contributed by atoms with Gasteiger partial charge in [0.1, 0.15) is 6.04 Å². The first-order chi connectivity index (χ1) is 7.56. The van der Waals surface area contributed by atoms with Gasteiger partial charge in [0.2, 0.25) is 0 Å². The average Bonchev–Trinajstić information content (AvgIpc) is 2.23. The predicted octanol–water partition coefficient (Wildman–Crippen LogP) is 3.23. The molecule has 0 spiro atoms. The van der Waals surface area contributed by atoms with E-state index in [0.29, 0.717) is 21.6 Å². The average molecular weight is 307 g/mol. The summed E-state index contributed by atoms with van der Waals surface area (Å²) in [7, 11) is 0. The first-order valence-corrected chi connectivity index (χ1v) is 6.14. The number of hydrogen-bond acceptors (Lipinski definition) is 2. The standard InChI is InChI=1S/C11H13BrClNO2/c1-2-5-14-10(11(15)16)7-3-4-9(13)8(12)6-7/h3-4,6,10,14H,2,5H2,1H3,(H,15,16). The molecule has 1 aromatic carbocycles. The number of carboxylic acids is 1. The highest BCUT2D eigenvalue weighted by atomic mass is 79.9. The molecule has 16 heavy (non-hydrogen) atoms. The van der Waals surface area contributed by atoms with Crippen molar-refractivity contribution in [3.63, 3.8) is 0 Å². The predicted molar refractivity (Wildman–Crippen MR) is 67.8 cm³/mol. The Morgan fingerprint density at radius 1 is 1.62 bits per heavy atom. The van der Waals surface area contributed by atoms with Gasteiger partial charge in [0.05, 0.1) is 5.02 Å². The fourth-order valence-electron chi connectivity index (χ4n) is 1.33. The van der Waals surface area contributed by atoms with Crippen LogP contribution < -0.4 is 5.32 Å².